The number of nitrogens with zero attached hydrogens (tertiary/aromatic N) is 2. The zero-order valence-electron chi connectivity index (χ0n) is 8.31. The number of nitrogens with one attached hydrogen (secondary N) is 1. The summed E-state index contributed by atoms with van der Waals surface area (Å²) in [6, 6.07) is 0. The predicted molar refractivity (Wildman–Crippen MR) is 49.9 cm³/mol. The molecular formula is C8H13N3O3. The number of hydrogen-bond acceptors (Lipinski definition) is 3. The Morgan fingerprint density at radius 1 is 1.50 bits per heavy atom. The molecule has 1 aromatic rings. The first-order chi connectivity index (χ1) is 6.45. The molecule has 6 heteroatoms. The molecule has 0 aliphatic rings. The Kier molecular flexibility index (Phi) is 4.98. The lowest BCUT2D eigenvalue weighted by Gasteiger charge is -2.06. The summed E-state index contributed by atoms with van der Waals surface area (Å²) in [6.07, 6.45) is 3.07. The van der Waals surface area contributed by atoms with Crippen LogP contribution in [-0.2, 0) is 4.79 Å². The number of aromatic amines is 1. The molecule has 1 heterocycles. The van der Waals surface area contributed by atoms with E-state index in [-0.39, 0.29) is 5.91 Å². The van der Waals surface area contributed by atoms with Gasteiger partial charge >= 0.3 is 0 Å². The van der Waals surface area contributed by atoms with Gasteiger partial charge in [-0.25, -0.2) is 0 Å². The molecule has 0 aromatic carbocycles. The van der Waals surface area contributed by atoms with Crippen molar-refractivity contribution in [1.82, 2.24) is 15.1 Å². The summed E-state index contributed by atoms with van der Waals surface area (Å²) >= 11 is 0. The van der Waals surface area contributed by atoms with E-state index in [9.17, 15) is 4.79 Å². The topological polar surface area (TPSA) is 86.3 Å². The molecule has 14 heavy (non-hydrogen) atoms. The Hall–Kier alpha value is -1.85. The lowest BCUT2D eigenvalue weighted by molar-refractivity contribution is -0.134. The third kappa shape index (κ3) is 4.91. The van der Waals surface area contributed by atoms with E-state index in [1.54, 1.807) is 20.3 Å². The van der Waals surface area contributed by atoms with Gasteiger partial charge < -0.3 is 10.0 Å². The number of hydrogen-bond donors (Lipinski definition) is 2. The number of carboxylic acids is 1. The predicted octanol–water partition coefficient (Wildman–Crippen LogP) is 0.202. The highest BCUT2D eigenvalue weighted by Crippen LogP contribution is 1.96. The van der Waals surface area contributed by atoms with Gasteiger partial charge in [0.05, 0.1) is 11.8 Å². The van der Waals surface area contributed by atoms with E-state index in [2.05, 4.69) is 10.2 Å². The van der Waals surface area contributed by atoms with Crippen LogP contribution in [0, 0.1) is 0 Å². The SMILES string of the molecule is CC(=O)O.CN(C)C(=O)c1cn[nH]c1. The van der Waals surface area contributed by atoms with Gasteiger partial charge in [0.1, 0.15) is 0 Å². The van der Waals surface area contributed by atoms with E-state index in [4.69, 9.17) is 9.90 Å². The lowest BCUT2D eigenvalue weighted by atomic mass is 10.3. The van der Waals surface area contributed by atoms with Gasteiger partial charge in [-0.05, 0) is 0 Å². The molecule has 0 unspecified atom stereocenters. The van der Waals surface area contributed by atoms with Crippen molar-refractivity contribution in [3.8, 4) is 0 Å². The van der Waals surface area contributed by atoms with Crippen molar-refractivity contribution in [1.29, 1.82) is 0 Å². The first-order valence-corrected chi connectivity index (χ1v) is 3.85. The zero-order valence-corrected chi connectivity index (χ0v) is 8.31. The highest BCUT2D eigenvalue weighted by atomic mass is 16.4. The van der Waals surface area contributed by atoms with E-state index in [0.29, 0.717) is 5.56 Å². The number of carboxylic acid groups (broad SMARTS) is 1. The van der Waals surface area contributed by atoms with Crippen molar-refractivity contribution in [2.24, 2.45) is 0 Å². The number of H-pyrrole nitrogens is 1. The molecule has 0 fully saturated rings. The van der Waals surface area contributed by atoms with Gasteiger partial charge in [0, 0.05) is 27.2 Å². The molecule has 0 aliphatic carbocycles. The van der Waals surface area contributed by atoms with Gasteiger partial charge in [-0.15, -0.1) is 0 Å². The van der Waals surface area contributed by atoms with Gasteiger partial charge in [0.15, 0.2) is 0 Å². The van der Waals surface area contributed by atoms with Crippen molar-refractivity contribution in [2.45, 2.75) is 6.92 Å². The molecule has 1 amide bonds. The maximum Gasteiger partial charge on any atom is 0.300 e. The maximum absolute atomic E-state index is 11.1. The Balaban J connectivity index is 0.000000364. The number of aliphatic carboxylic acids is 1. The third-order valence-corrected chi connectivity index (χ3v) is 1.15. The molecule has 6 nitrogen and oxygen atoms in total. The summed E-state index contributed by atoms with van der Waals surface area (Å²) < 4.78 is 0. The van der Waals surface area contributed by atoms with E-state index in [0.717, 1.165) is 6.92 Å². The summed E-state index contributed by atoms with van der Waals surface area (Å²) in [7, 11) is 3.41. The minimum Gasteiger partial charge on any atom is -0.481 e. The van der Waals surface area contributed by atoms with Crippen molar-refractivity contribution in [2.75, 3.05) is 14.1 Å². The van der Waals surface area contributed by atoms with E-state index in [1.807, 2.05) is 0 Å². The second-order valence-electron chi connectivity index (χ2n) is 2.71. The first kappa shape index (κ1) is 12.2. The number of amides is 1. The van der Waals surface area contributed by atoms with Crippen molar-refractivity contribution in [3.05, 3.63) is 18.0 Å². The smallest absolute Gasteiger partial charge is 0.300 e. The minimum atomic E-state index is -0.833. The van der Waals surface area contributed by atoms with Crippen LogP contribution in [0.2, 0.25) is 0 Å². The summed E-state index contributed by atoms with van der Waals surface area (Å²) in [6.45, 7) is 1.08. The monoisotopic (exact) mass is 199 g/mol. The minimum absolute atomic E-state index is 0.0336. The van der Waals surface area contributed by atoms with E-state index >= 15 is 0 Å². The van der Waals surface area contributed by atoms with Crippen LogP contribution in [-0.4, -0.2) is 46.2 Å². The van der Waals surface area contributed by atoms with E-state index < -0.39 is 5.97 Å². The standard InChI is InChI=1S/C6H9N3O.C2H4O2/c1-9(2)6(10)5-3-7-8-4-5;1-2(3)4/h3-4H,1-2H3,(H,7,8);1H3,(H,3,4). The van der Waals surface area contributed by atoms with Crippen molar-refractivity contribution >= 4 is 11.9 Å². The first-order valence-electron chi connectivity index (χ1n) is 3.85. The molecule has 2 N–H and O–H groups in total. The summed E-state index contributed by atoms with van der Waals surface area (Å²) in [5.41, 5.74) is 0.588. The Morgan fingerprint density at radius 3 is 2.29 bits per heavy atom. The molecule has 0 radical (unpaired) electrons. The third-order valence-electron chi connectivity index (χ3n) is 1.15. The van der Waals surface area contributed by atoms with Gasteiger partial charge in [0.25, 0.3) is 11.9 Å². The second kappa shape index (κ2) is 5.74. The molecule has 1 rings (SSSR count). The average Bonchev–Trinajstić information content (AvgIpc) is 2.53. The summed E-state index contributed by atoms with van der Waals surface area (Å²) in [4.78, 5) is 21.6. The highest BCUT2D eigenvalue weighted by Gasteiger charge is 2.06. The fourth-order valence-electron chi connectivity index (χ4n) is 0.626. The van der Waals surface area contributed by atoms with Gasteiger partial charge in [-0.3, -0.25) is 14.7 Å². The fraction of sp³-hybridized carbons (Fsp3) is 0.375. The molecule has 0 saturated carbocycles. The van der Waals surface area contributed by atoms with Crippen LogP contribution in [0.3, 0.4) is 0 Å². The highest BCUT2D eigenvalue weighted by molar-refractivity contribution is 5.93. The van der Waals surface area contributed by atoms with Crippen LogP contribution in [0.5, 0.6) is 0 Å². The quantitative estimate of drug-likeness (QED) is 0.676. The molecule has 0 bridgehead atoms. The fourth-order valence-corrected chi connectivity index (χ4v) is 0.626. The number of carbonyl (C=O) groups is 2. The molecule has 0 aliphatic heterocycles. The Bertz CT molecular complexity index is 289. The average molecular weight is 199 g/mol. The molecule has 0 spiro atoms. The molecule has 0 saturated heterocycles. The number of aromatic nitrogens is 2. The van der Waals surface area contributed by atoms with Crippen LogP contribution in [0.15, 0.2) is 12.4 Å². The van der Waals surface area contributed by atoms with Gasteiger partial charge in [0.2, 0.25) is 0 Å². The Labute approximate surface area is 81.5 Å². The Morgan fingerprint density at radius 2 is 2.00 bits per heavy atom. The normalized spacial score (nSPS) is 8.50. The number of rotatable bonds is 1. The van der Waals surface area contributed by atoms with Crippen LogP contribution in [0.1, 0.15) is 17.3 Å². The molecule has 0 atom stereocenters. The van der Waals surface area contributed by atoms with Crippen LogP contribution in [0.4, 0.5) is 0 Å². The van der Waals surface area contributed by atoms with Crippen LogP contribution < -0.4 is 0 Å². The maximum atomic E-state index is 11.1. The number of carbonyl (C=O) groups excluding carboxylic acids is 1. The van der Waals surface area contributed by atoms with E-state index in [1.165, 1.54) is 11.1 Å². The lowest BCUT2D eigenvalue weighted by Crippen LogP contribution is -2.20. The molecular weight excluding hydrogens is 186 g/mol. The zero-order chi connectivity index (χ0) is 11.1. The van der Waals surface area contributed by atoms with Gasteiger partial charge in [-0.2, -0.15) is 5.10 Å². The second-order valence-corrected chi connectivity index (χ2v) is 2.71. The van der Waals surface area contributed by atoms with Crippen molar-refractivity contribution in [3.63, 3.8) is 0 Å². The van der Waals surface area contributed by atoms with Crippen LogP contribution >= 0.6 is 0 Å². The largest absolute Gasteiger partial charge is 0.481 e. The summed E-state index contributed by atoms with van der Waals surface area (Å²) in [5.74, 6) is -0.867. The van der Waals surface area contributed by atoms with Crippen molar-refractivity contribution < 1.29 is 14.7 Å². The molecule has 78 valence electrons. The summed E-state index contributed by atoms with van der Waals surface area (Å²) in [5, 5.41) is 13.6. The molecule has 1 aromatic heterocycles. The van der Waals surface area contributed by atoms with Gasteiger partial charge in [-0.1, -0.05) is 0 Å². The van der Waals surface area contributed by atoms with Crippen LogP contribution in [0.25, 0.3) is 0 Å².